The molecule has 4 rings (SSSR count). The molecule has 13 heteroatoms. The number of benzene rings is 2. The van der Waals surface area contributed by atoms with Gasteiger partial charge in [-0.2, -0.15) is 13.2 Å². The highest BCUT2D eigenvalue weighted by Gasteiger charge is 2.34. The van der Waals surface area contributed by atoms with Crippen LogP contribution in [0.1, 0.15) is 46.8 Å². The number of amides is 3. The molecule has 0 bridgehead atoms. The number of aliphatic hydroxyl groups excluding tert-OH is 1. The number of aromatic nitrogens is 1. The number of halogens is 3. The van der Waals surface area contributed by atoms with E-state index >= 15 is 0 Å². The van der Waals surface area contributed by atoms with Crippen molar-refractivity contribution in [2.45, 2.75) is 52.6 Å². The molecule has 3 N–H and O–H groups in total. The van der Waals surface area contributed by atoms with Gasteiger partial charge in [-0.25, -0.2) is 4.79 Å². The van der Waals surface area contributed by atoms with Crippen molar-refractivity contribution >= 4 is 23.3 Å². The fourth-order valence-electron chi connectivity index (χ4n) is 4.94. The van der Waals surface area contributed by atoms with Gasteiger partial charge in [0.1, 0.15) is 23.2 Å². The second-order valence-electron chi connectivity index (χ2n) is 11.0. The largest absolute Gasteiger partial charge is 0.488 e. The van der Waals surface area contributed by atoms with Gasteiger partial charge in [0.15, 0.2) is 5.76 Å². The van der Waals surface area contributed by atoms with Crippen LogP contribution in [0.2, 0.25) is 0 Å². The average molecular weight is 604 g/mol. The molecule has 10 nitrogen and oxygen atoms in total. The maximum absolute atomic E-state index is 13.7. The summed E-state index contributed by atoms with van der Waals surface area (Å²) in [7, 11) is 1.84. The summed E-state index contributed by atoms with van der Waals surface area (Å²) in [6.45, 7) is 7.91. The molecular weight excluding hydrogens is 567 g/mol. The van der Waals surface area contributed by atoms with E-state index in [9.17, 15) is 27.9 Å². The van der Waals surface area contributed by atoms with Gasteiger partial charge in [-0.3, -0.25) is 9.69 Å². The Hall–Kier alpha value is -4.10. The lowest BCUT2D eigenvalue weighted by molar-refractivity contribution is -0.137. The normalized spacial score (nSPS) is 18.0. The first-order chi connectivity index (χ1) is 20.3. The van der Waals surface area contributed by atoms with Crippen molar-refractivity contribution in [3.05, 3.63) is 70.6 Å². The molecule has 0 saturated heterocycles. The second kappa shape index (κ2) is 13.0. The molecule has 2 heterocycles. The van der Waals surface area contributed by atoms with Crippen molar-refractivity contribution in [3.63, 3.8) is 0 Å². The maximum atomic E-state index is 13.7. The van der Waals surface area contributed by atoms with E-state index in [4.69, 9.17) is 9.26 Å². The lowest BCUT2D eigenvalue weighted by atomic mass is 9.99. The number of ether oxygens (including phenoxy) is 1. The molecule has 0 unspecified atom stereocenters. The smallest absolute Gasteiger partial charge is 0.416 e. The van der Waals surface area contributed by atoms with Gasteiger partial charge < -0.3 is 29.9 Å². The van der Waals surface area contributed by atoms with E-state index in [0.29, 0.717) is 53.8 Å². The zero-order valence-corrected chi connectivity index (χ0v) is 24.7. The predicted molar refractivity (Wildman–Crippen MR) is 154 cm³/mol. The minimum atomic E-state index is -4.40. The van der Waals surface area contributed by atoms with Crippen LogP contribution in [0.4, 0.5) is 29.3 Å². The number of nitrogens with one attached hydrogen (secondary N) is 2. The molecule has 1 aliphatic rings. The van der Waals surface area contributed by atoms with Gasteiger partial charge in [0.25, 0.3) is 5.91 Å². The molecule has 3 atom stereocenters. The topological polar surface area (TPSA) is 120 Å². The highest BCUT2D eigenvalue weighted by molar-refractivity contribution is 6.03. The van der Waals surface area contributed by atoms with E-state index < -0.39 is 29.9 Å². The first-order valence-corrected chi connectivity index (χ1v) is 13.8. The Morgan fingerprint density at radius 3 is 2.49 bits per heavy atom. The fourth-order valence-corrected chi connectivity index (χ4v) is 4.94. The molecule has 1 aromatic heterocycles. The Bertz CT molecular complexity index is 1420. The molecule has 2 aromatic carbocycles. The Morgan fingerprint density at radius 1 is 1.19 bits per heavy atom. The van der Waals surface area contributed by atoms with Crippen LogP contribution in [0.5, 0.6) is 5.75 Å². The summed E-state index contributed by atoms with van der Waals surface area (Å²) in [4.78, 5) is 29.9. The number of aliphatic hydroxyl groups is 1. The summed E-state index contributed by atoms with van der Waals surface area (Å²) in [6, 6.07) is 8.77. The van der Waals surface area contributed by atoms with Crippen LogP contribution < -0.4 is 15.4 Å². The molecule has 1 aliphatic heterocycles. The van der Waals surface area contributed by atoms with Crippen molar-refractivity contribution in [1.29, 1.82) is 0 Å². The summed E-state index contributed by atoms with van der Waals surface area (Å²) in [5.74, 6) is 0.261. The second-order valence-corrected chi connectivity index (χ2v) is 11.0. The van der Waals surface area contributed by atoms with Crippen molar-refractivity contribution in [3.8, 4) is 5.75 Å². The minimum Gasteiger partial charge on any atom is -0.488 e. The van der Waals surface area contributed by atoms with Crippen molar-refractivity contribution in [2.75, 3.05) is 37.4 Å². The summed E-state index contributed by atoms with van der Waals surface area (Å²) >= 11 is 0. The van der Waals surface area contributed by atoms with Crippen LogP contribution in [0.15, 0.2) is 47.0 Å². The van der Waals surface area contributed by atoms with E-state index in [1.807, 2.05) is 18.9 Å². The number of urea groups is 1. The number of hydrogen-bond acceptors (Lipinski definition) is 7. The molecule has 0 spiro atoms. The van der Waals surface area contributed by atoms with Crippen LogP contribution >= 0.6 is 0 Å². The first-order valence-electron chi connectivity index (χ1n) is 13.8. The van der Waals surface area contributed by atoms with Crippen molar-refractivity contribution in [1.82, 2.24) is 15.0 Å². The lowest BCUT2D eigenvalue weighted by Gasteiger charge is -2.38. The number of anilines is 2. The molecule has 43 heavy (non-hydrogen) atoms. The number of carbonyl (C=O) groups excluding carboxylic acids is 2. The maximum Gasteiger partial charge on any atom is 0.416 e. The standard InChI is InChI=1S/C30H36F3N5O5/c1-17-13-38(18(2)16-39)28(40)24-12-23(34-29(41)35-27-19(3)36-43-20(27)4)10-11-25(24)42-26(17)15-37(5)14-21-6-8-22(9-7-21)30(31,32)33/h6-12,17-18,26,39H,13-16H2,1-5H3,(H2,34,35,41)/t17-,18+,26-/m1/s1. The van der Waals surface area contributed by atoms with Gasteiger partial charge in [-0.05, 0) is 63.7 Å². The highest BCUT2D eigenvalue weighted by atomic mass is 19.4. The quantitative estimate of drug-likeness (QED) is 0.319. The number of likely N-dealkylation sites (N-methyl/N-ethyl adjacent to an activating group) is 1. The van der Waals surface area contributed by atoms with Crippen LogP contribution in [-0.2, 0) is 12.7 Å². The number of nitrogens with zero attached hydrogens (tertiary/aromatic N) is 3. The Kier molecular flexibility index (Phi) is 9.65. The zero-order chi connectivity index (χ0) is 31.5. The summed E-state index contributed by atoms with van der Waals surface area (Å²) in [6.07, 6.45) is -4.80. The van der Waals surface area contributed by atoms with Gasteiger partial charge in [-0.1, -0.05) is 24.2 Å². The number of carbonyl (C=O) groups is 2. The van der Waals surface area contributed by atoms with Gasteiger partial charge in [0.2, 0.25) is 0 Å². The monoisotopic (exact) mass is 603 g/mol. The Balaban J connectivity index is 1.54. The van der Waals surface area contributed by atoms with E-state index in [1.54, 1.807) is 37.8 Å². The van der Waals surface area contributed by atoms with Crippen LogP contribution in [-0.4, -0.2) is 70.9 Å². The Labute approximate surface area is 247 Å². The molecule has 0 aliphatic carbocycles. The minimum absolute atomic E-state index is 0.153. The van der Waals surface area contributed by atoms with E-state index in [0.717, 1.165) is 12.1 Å². The number of hydrogen-bond donors (Lipinski definition) is 3. The third-order valence-corrected chi connectivity index (χ3v) is 7.42. The van der Waals surface area contributed by atoms with E-state index in [-0.39, 0.29) is 24.0 Å². The Morgan fingerprint density at radius 2 is 1.88 bits per heavy atom. The molecule has 0 fully saturated rings. The van der Waals surface area contributed by atoms with E-state index in [2.05, 4.69) is 15.8 Å². The molecule has 0 radical (unpaired) electrons. The number of rotatable bonds is 8. The fraction of sp³-hybridized carbons (Fsp3) is 0.433. The predicted octanol–water partition coefficient (Wildman–Crippen LogP) is 5.31. The van der Waals surface area contributed by atoms with Gasteiger partial charge in [0, 0.05) is 31.2 Å². The first kappa shape index (κ1) is 31.8. The zero-order valence-electron chi connectivity index (χ0n) is 24.7. The SMILES string of the molecule is Cc1noc(C)c1NC(=O)Nc1ccc2c(c1)C(=O)N([C@@H](C)CO)C[C@@H](C)[C@@H](CN(C)Cc1ccc(C(F)(F)F)cc1)O2. The van der Waals surface area contributed by atoms with Crippen LogP contribution in [0, 0.1) is 19.8 Å². The summed E-state index contributed by atoms with van der Waals surface area (Å²) in [5.41, 5.74) is 1.55. The third-order valence-electron chi connectivity index (χ3n) is 7.42. The molecular formula is C30H36F3N5O5. The summed E-state index contributed by atoms with van der Waals surface area (Å²) < 4.78 is 50.3. The molecule has 232 valence electrons. The summed E-state index contributed by atoms with van der Waals surface area (Å²) in [5, 5.41) is 19.1. The van der Waals surface area contributed by atoms with Crippen LogP contribution in [0.3, 0.4) is 0 Å². The van der Waals surface area contributed by atoms with Gasteiger partial charge in [-0.15, -0.1) is 0 Å². The number of alkyl halides is 3. The lowest BCUT2D eigenvalue weighted by Crippen LogP contribution is -2.49. The van der Waals surface area contributed by atoms with Gasteiger partial charge >= 0.3 is 12.2 Å². The van der Waals surface area contributed by atoms with E-state index in [1.165, 1.54) is 18.2 Å². The average Bonchev–Trinajstić information content (AvgIpc) is 3.26. The number of aryl methyl sites for hydroxylation is 2. The highest BCUT2D eigenvalue weighted by Crippen LogP contribution is 2.32. The third kappa shape index (κ3) is 7.65. The molecule has 0 saturated carbocycles. The van der Waals surface area contributed by atoms with Crippen molar-refractivity contribution in [2.24, 2.45) is 5.92 Å². The van der Waals surface area contributed by atoms with Crippen molar-refractivity contribution < 1.29 is 37.1 Å². The molecule has 3 amide bonds. The number of fused-ring (bicyclic) bond motifs is 1. The van der Waals surface area contributed by atoms with Gasteiger partial charge in [0.05, 0.1) is 23.8 Å². The molecule has 3 aromatic rings. The van der Waals surface area contributed by atoms with Crippen LogP contribution in [0.25, 0.3) is 0 Å².